The third-order valence-corrected chi connectivity index (χ3v) is 4.39. The van der Waals surface area contributed by atoms with Gasteiger partial charge in [-0.05, 0) is 38.1 Å². The number of carbonyl (C=O) groups excluding carboxylic acids is 2. The highest BCUT2D eigenvalue weighted by atomic mass is 19.4. The second kappa shape index (κ2) is 8.73. The van der Waals surface area contributed by atoms with Crippen molar-refractivity contribution in [3.05, 3.63) is 71.2 Å². The summed E-state index contributed by atoms with van der Waals surface area (Å²) in [4.78, 5) is 28.3. The monoisotopic (exact) mass is 454 g/mol. The fraction of sp³-hybridized carbons (Fsp3) is 0.200. The standard InChI is InChI=1S/C20H15F5N4O3/c1-10-13(9-27-29(10)16-7-6-12(8-26-16)20(23,24)25)19(31)32-11(2)18(30)28-17-14(21)4-3-5-15(17)22/h3-9,11H,1-2H3,(H,28,30). The summed E-state index contributed by atoms with van der Waals surface area (Å²) in [5, 5.41) is 5.92. The molecule has 1 atom stereocenters. The Hall–Kier alpha value is -3.83. The van der Waals surface area contributed by atoms with Gasteiger partial charge in [-0.15, -0.1) is 0 Å². The molecule has 0 aliphatic rings. The zero-order valence-corrected chi connectivity index (χ0v) is 16.6. The van der Waals surface area contributed by atoms with Gasteiger partial charge in [0.05, 0.1) is 17.5 Å². The number of halogens is 5. The van der Waals surface area contributed by atoms with Crippen molar-refractivity contribution >= 4 is 17.6 Å². The molecule has 1 aromatic carbocycles. The molecule has 3 aromatic rings. The first-order chi connectivity index (χ1) is 15.0. The van der Waals surface area contributed by atoms with Gasteiger partial charge in [0.25, 0.3) is 5.91 Å². The molecule has 0 radical (unpaired) electrons. The number of ether oxygens (including phenoxy) is 1. The van der Waals surface area contributed by atoms with Crippen molar-refractivity contribution in [3.8, 4) is 5.82 Å². The number of hydrogen-bond acceptors (Lipinski definition) is 5. The van der Waals surface area contributed by atoms with Gasteiger partial charge in [-0.2, -0.15) is 18.3 Å². The van der Waals surface area contributed by atoms with E-state index in [0.29, 0.717) is 6.20 Å². The summed E-state index contributed by atoms with van der Waals surface area (Å²) in [5.41, 5.74) is -1.52. The average Bonchev–Trinajstić information content (AvgIpc) is 3.11. The molecule has 1 unspecified atom stereocenters. The molecule has 0 fully saturated rings. The maximum absolute atomic E-state index is 13.7. The maximum Gasteiger partial charge on any atom is 0.417 e. The second-order valence-electron chi connectivity index (χ2n) is 6.59. The van der Waals surface area contributed by atoms with Gasteiger partial charge in [0, 0.05) is 6.20 Å². The smallest absolute Gasteiger partial charge is 0.417 e. The number of anilines is 1. The van der Waals surface area contributed by atoms with Crippen LogP contribution in [0.4, 0.5) is 27.6 Å². The number of alkyl halides is 3. The molecule has 2 aromatic heterocycles. The molecule has 3 rings (SSSR count). The number of nitrogens with one attached hydrogen (secondary N) is 1. The van der Waals surface area contributed by atoms with Crippen LogP contribution in [0.1, 0.15) is 28.5 Å². The van der Waals surface area contributed by atoms with Crippen LogP contribution in [0.25, 0.3) is 5.82 Å². The molecule has 2 heterocycles. The Morgan fingerprint density at radius 3 is 2.31 bits per heavy atom. The van der Waals surface area contributed by atoms with E-state index in [1.54, 1.807) is 0 Å². The van der Waals surface area contributed by atoms with Crippen LogP contribution in [0.15, 0.2) is 42.7 Å². The van der Waals surface area contributed by atoms with Crippen LogP contribution in [0.3, 0.4) is 0 Å². The van der Waals surface area contributed by atoms with Crippen molar-refractivity contribution in [3.63, 3.8) is 0 Å². The summed E-state index contributed by atoms with van der Waals surface area (Å²) in [6, 6.07) is 4.91. The number of aromatic nitrogens is 3. The number of nitrogens with zero attached hydrogens (tertiary/aromatic N) is 3. The van der Waals surface area contributed by atoms with Crippen molar-refractivity contribution in [1.82, 2.24) is 14.8 Å². The highest BCUT2D eigenvalue weighted by molar-refractivity contribution is 5.97. The van der Waals surface area contributed by atoms with E-state index in [0.717, 1.165) is 41.2 Å². The van der Waals surface area contributed by atoms with E-state index in [4.69, 9.17) is 4.74 Å². The fourth-order valence-electron chi connectivity index (χ4n) is 2.64. The number of esters is 1. The van der Waals surface area contributed by atoms with E-state index < -0.39 is 47.0 Å². The summed E-state index contributed by atoms with van der Waals surface area (Å²) in [7, 11) is 0. The minimum absolute atomic E-state index is 0.0235. The molecule has 32 heavy (non-hydrogen) atoms. The van der Waals surface area contributed by atoms with Crippen LogP contribution in [0.5, 0.6) is 0 Å². The van der Waals surface area contributed by atoms with Crippen LogP contribution < -0.4 is 5.32 Å². The highest BCUT2D eigenvalue weighted by Crippen LogP contribution is 2.29. The zero-order valence-electron chi connectivity index (χ0n) is 16.6. The molecule has 1 N–H and O–H groups in total. The molecule has 0 aliphatic heterocycles. The lowest BCUT2D eigenvalue weighted by Gasteiger charge is -2.14. The number of carbonyl (C=O) groups is 2. The molecule has 1 amide bonds. The highest BCUT2D eigenvalue weighted by Gasteiger charge is 2.31. The maximum atomic E-state index is 13.7. The Balaban J connectivity index is 1.72. The largest absolute Gasteiger partial charge is 0.449 e. The second-order valence-corrected chi connectivity index (χ2v) is 6.59. The van der Waals surface area contributed by atoms with E-state index in [2.05, 4.69) is 10.1 Å². The lowest BCUT2D eigenvalue weighted by atomic mass is 10.2. The van der Waals surface area contributed by atoms with Crippen LogP contribution >= 0.6 is 0 Å². The summed E-state index contributed by atoms with van der Waals surface area (Å²) in [5.74, 6) is -3.93. The minimum atomic E-state index is -4.55. The first kappa shape index (κ1) is 22.8. The number of rotatable bonds is 5. The summed E-state index contributed by atoms with van der Waals surface area (Å²) in [6.45, 7) is 2.64. The quantitative estimate of drug-likeness (QED) is 0.464. The predicted octanol–water partition coefficient (Wildman–Crippen LogP) is 4.06. The molecular formula is C20H15F5N4O3. The van der Waals surface area contributed by atoms with Crippen molar-refractivity contribution < 1.29 is 36.3 Å². The van der Waals surface area contributed by atoms with Gasteiger partial charge in [0.2, 0.25) is 0 Å². The Kier molecular flexibility index (Phi) is 6.23. The molecule has 7 nitrogen and oxygen atoms in total. The van der Waals surface area contributed by atoms with E-state index in [1.807, 2.05) is 5.32 Å². The molecule has 0 bridgehead atoms. The Morgan fingerprint density at radius 1 is 1.09 bits per heavy atom. The number of hydrogen-bond donors (Lipinski definition) is 1. The van der Waals surface area contributed by atoms with Crippen molar-refractivity contribution in [2.24, 2.45) is 0 Å². The van der Waals surface area contributed by atoms with Gasteiger partial charge in [0.15, 0.2) is 11.9 Å². The van der Waals surface area contributed by atoms with Gasteiger partial charge >= 0.3 is 12.1 Å². The molecule has 12 heteroatoms. The van der Waals surface area contributed by atoms with E-state index >= 15 is 0 Å². The van der Waals surface area contributed by atoms with Crippen molar-refractivity contribution in [2.75, 3.05) is 5.32 Å². The summed E-state index contributed by atoms with van der Waals surface area (Å²) >= 11 is 0. The number of para-hydroxylation sites is 1. The predicted molar refractivity (Wildman–Crippen MR) is 101 cm³/mol. The number of amides is 1. The third kappa shape index (κ3) is 4.74. The Bertz CT molecular complexity index is 1140. The van der Waals surface area contributed by atoms with Crippen molar-refractivity contribution in [1.29, 1.82) is 0 Å². The summed E-state index contributed by atoms with van der Waals surface area (Å²) in [6.07, 6.45) is -4.25. The Labute approximate surface area is 177 Å². The lowest BCUT2D eigenvalue weighted by molar-refractivity contribution is -0.137. The molecule has 0 aliphatic carbocycles. The van der Waals surface area contributed by atoms with Crippen LogP contribution in [0, 0.1) is 18.6 Å². The SMILES string of the molecule is Cc1c(C(=O)OC(C)C(=O)Nc2c(F)cccc2F)cnn1-c1ccc(C(F)(F)F)cn1. The van der Waals surface area contributed by atoms with Crippen LogP contribution in [0.2, 0.25) is 0 Å². The lowest BCUT2D eigenvalue weighted by Crippen LogP contribution is -2.30. The molecule has 168 valence electrons. The molecule has 0 spiro atoms. The molecular weight excluding hydrogens is 439 g/mol. The van der Waals surface area contributed by atoms with Gasteiger partial charge in [-0.1, -0.05) is 6.07 Å². The van der Waals surface area contributed by atoms with Crippen LogP contribution in [-0.4, -0.2) is 32.7 Å². The Morgan fingerprint density at radius 2 is 1.75 bits per heavy atom. The van der Waals surface area contributed by atoms with Gasteiger partial charge in [0.1, 0.15) is 22.9 Å². The normalized spacial score (nSPS) is 12.3. The van der Waals surface area contributed by atoms with E-state index in [-0.39, 0.29) is 17.1 Å². The van der Waals surface area contributed by atoms with Crippen molar-refractivity contribution in [2.45, 2.75) is 26.1 Å². The van der Waals surface area contributed by atoms with Gasteiger partial charge < -0.3 is 10.1 Å². The topological polar surface area (TPSA) is 86.1 Å². The third-order valence-electron chi connectivity index (χ3n) is 4.39. The van der Waals surface area contributed by atoms with Gasteiger partial charge in [-0.25, -0.2) is 23.2 Å². The first-order valence-corrected chi connectivity index (χ1v) is 9.03. The van der Waals surface area contributed by atoms with E-state index in [1.165, 1.54) is 13.8 Å². The number of benzene rings is 1. The van der Waals surface area contributed by atoms with Gasteiger partial charge in [-0.3, -0.25) is 4.79 Å². The average molecular weight is 454 g/mol. The number of pyridine rings is 1. The zero-order chi connectivity index (χ0) is 23.6. The van der Waals surface area contributed by atoms with Crippen LogP contribution in [-0.2, 0) is 15.7 Å². The molecule has 0 saturated heterocycles. The van der Waals surface area contributed by atoms with E-state index in [9.17, 15) is 31.5 Å². The summed E-state index contributed by atoms with van der Waals surface area (Å²) < 4.78 is 71.5. The molecule has 0 saturated carbocycles. The minimum Gasteiger partial charge on any atom is -0.449 e. The first-order valence-electron chi connectivity index (χ1n) is 9.03. The fourth-order valence-corrected chi connectivity index (χ4v) is 2.64.